The monoisotopic (exact) mass is 302 g/mol. The Kier molecular flexibility index (Phi) is 3.90. The van der Waals surface area contributed by atoms with Crippen molar-refractivity contribution >= 4 is 17.4 Å². The van der Waals surface area contributed by atoms with E-state index in [9.17, 15) is 4.39 Å². The summed E-state index contributed by atoms with van der Waals surface area (Å²) < 4.78 is 15.0. The van der Waals surface area contributed by atoms with Crippen LogP contribution in [-0.2, 0) is 0 Å². The summed E-state index contributed by atoms with van der Waals surface area (Å²) in [7, 11) is 0. The van der Waals surface area contributed by atoms with E-state index in [-0.39, 0.29) is 17.1 Å². The Morgan fingerprint density at radius 3 is 2.62 bits per heavy atom. The summed E-state index contributed by atoms with van der Waals surface area (Å²) in [5.74, 6) is -0.250. The van der Waals surface area contributed by atoms with E-state index >= 15 is 0 Å². The highest BCUT2D eigenvalue weighted by Crippen LogP contribution is 2.36. The number of benzene rings is 1. The lowest BCUT2D eigenvalue weighted by Gasteiger charge is -2.19. The predicted molar refractivity (Wildman–Crippen MR) is 81.6 cm³/mol. The molecule has 0 saturated heterocycles. The fraction of sp³-hybridized carbons (Fsp3) is 0.200. The van der Waals surface area contributed by atoms with Gasteiger partial charge < -0.3 is 5.73 Å². The second-order valence-electron chi connectivity index (χ2n) is 4.86. The SMILES string of the molecule is CC(N)C(Sc1nnc2ccccn12)c1ccc(F)cc1. The zero-order valence-corrected chi connectivity index (χ0v) is 12.3. The molecule has 3 rings (SSSR count). The van der Waals surface area contributed by atoms with Crippen molar-refractivity contribution in [2.45, 2.75) is 23.4 Å². The third-order valence-corrected chi connectivity index (χ3v) is 4.64. The van der Waals surface area contributed by atoms with Gasteiger partial charge in [0.1, 0.15) is 5.82 Å². The van der Waals surface area contributed by atoms with Gasteiger partial charge in [0.25, 0.3) is 0 Å². The standard InChI is InChI=1S/C15H15FN4S/c1-10(17)14(11-5-7-12(16)8-6-11)21-15-19-18-13-4-2-3-9-20(13)15/h2-10,14H,17H2,1H3. The maximum atomic E-state index is 13.1. The second kappa shape index (κ2) is 5.83. The molecular weight excluding hydrogens is 287 g/mol. The number of nitrogens with zero attached hydrogens (tertiary/aromatic N) is 3. The summed E-state index contributed by atoms with van der Waals surface area (Å²) >= 11 is 1.53. The predicted octanol–water partition coefficient (Wildman–Crippen LogP) is 3.05. The number of halogens is 1. The molecule has 0 aliphatic carbocycles. The first-order valence-corrected chi connectivity index (χ1v) is 7.50. The molecule has 0 bridgehead atoms. The number of pyridine rings is 1. The number of aromatic nitrogens is 3. The number of rotatable bonds is 4. The average Bonchev–Trinajstić information content (AvgIpc) is 2.89. The summed E-state index contributed by atoms with van der Waals surface area (Å²) in [4.78, 5) is 0. The van der Waals surface area contributed by atoms with Crippen molar-refractivity contribution in [3.63, 3.8) is 0 Å². The zero-order valence-electron chi connectivity index (χ0n) is 11.5. The highest BCUT2D eigenvalue weighted by molar-refractivity contribution is 7.99. The Bertz CT molecular complexity index is 739. The van der Waals surface area contributed by atoms with Crippen LogP contribution >= 0.6 is 11.8 Å². The molecule has 0 amide bonds. The first-order valence-electron chi connectivity index (χ1n) is 6.62. The van der Waals surface area contributed by atoms with Gasteiger partial charge in [-0.05, 0) is 36.8 Å². The summed E-state index contributed by atoms with van der Waals surface area (Å²) in [6.07, 6.45) is 1.92. The second-order valence-corrected chi connectivity index (χ2v) is 5.97. The van der Waals surface area contributed by atoms with Gasteiger partial charge in [0.05, 0.1) is 5.25 Å². The molecule has 2 atom stereocenters. The van der Waals surface area contributed by atoms with Crippen molar-refractivity contribution in [2.75, 3.05) is 0 Å². The molecule has 6 heteroatoms. The summed E-state index contributed by atoms with van der Waals surface area (Å²) in [5, 5.41) is 9.10. The Morgan fingerprint density at radius 2 is 1.90 bits per heavy atom. The third kappa shape index (κ3) is 2.91. The van der Waals surface area contributed by atoms with E-state index < -0.39 is 0 Å². The molecule has 2 aromatic heterocycles. The Morgan fingerprint density at radius 1 is 1.14 bits per heavy atom. The lowest BCUT2D eigenvalue weighted by Crippen LogP contribution is -2.22. The van der Waals surface area contributed by atoms with Gasteiger partial charge in [0.15, 0.2) is 10.8 Å². The van der Waals surface area contributed by atoms with Crippen LogP contribution in [-0.4, -0.2) is 20.6 Å². The number of thioether (sulfide) groups is 1. The number of hydrogen-bond donors (Lipinski definition) is 1. The fourth-order valence-electron chi connectivity index (χ4n) is 2.14. The van der Waals surface area contributed by atoms with E-state index in [0.29, 0.717) is 0 Å². The zero-order chi connectivity index (χ0) is 14.8. The molecule has 21 heavy (non-hydrogen) atoms. The van der Waals surface area contributed by atoms with Crippen LogP contribution in [0.1, 0.15) is 17.7 Å². The van der Waals surface area contributed by atoms with Crippen molar-refractivity contribution in [2.24, 2.45) is 5.73 Å². The van der Waals surface area contributed by atoms with Crippen molar-refractivity contribution in [3.05, 3.63) is 60.0 Å². The number of hydrogen-bond acceptors (Lipinski definition) is 4. The van der Waals surface area contributed by atoms with Crippen molar-refractivity contribution in [3.8, 4) is 0 Å². The minimum Gasteiger partial charge on any atom is -0.327 e. The van der Waals surface area contributed by atoms with Crippen LogP contribution in [0, 0.1) is 5.82 Å². The van der Waals surface area contributed by atoms with Gasteiger partial charge >= 0.3 is 0 Å². The minimum atomic E-state index is -0.250. The van der Waals surface area contributed by atoms with E-state index in [4.69, 9.17) is 5.73 Å². The van der Waals surface area contributed by atoms with E-state index in [1.807, 2.05) is 35.7 Å². The van der Waals surface area contributed by atoms with Gasteiger partial charge in [-0.15, -0.1) is 10.2 Å². The first-order chi connectivity index (χ1) is 10.1. The Labute approximate surface area is 126 Å². The molecule has 0 saturated carbocycles. The van der Waals surface area contributed by atoms with Crippen LogP contribution < -0.4 is 5.73 Å². The third-order valence-electron chi connectivity index (χ3n) is 3.19. The molecule has 2 unspecified atom stereocenters. The number of nitrogens with two attached hydrogens (primary N) is 1. The Hall–Kier alpha value is -1.92. The van der Waals surface area contributed by atoms with E-state index in [2.05, 4.69) is 10.2 Å². The lowest BCUT2D eigenvalue weighted by atomic mass is 10.1. The van der Waals surface area contributed by atoms with Gasteiger partial charge in [0.2, 0.25) is 0 Å². The maximum absolute atomic E-state index is 13.1. The largest absolute Gasteiger partial charge is 0.327 e. The number of fused-ring (bicyclic) bond motifs is 1. The lowest BCUT2D eigenvalue weighted by molar-refractivity contribution is 0.625. The maximum Gasteiger partial charge on any atom is 0.196 e. The fourth-order valence-corrected chi connectivity index (χ4v) is 3.24. The molecule has 1 aromatic carbocycles. The molecular formula is C15H15FN4S. The van der Waals surface area contributed by atoms with Crippen molar-refractivity contribution < 1.29 is 4.39 Å². The van der Waals surface area contributed by atoms with Crippen LogP contribution in [0.2, 0.25) is 0 Å². The van der Waals surface area contributed by atoms with E-state index in [1.54, 1.807) is 12.1 Å². The van der Waals surface area contributed by atoms with Crippen LogP contribution in [0.15, 0.2) is 53.8 Å². The quantitative estimate of drug-likeness (QED) is 0.753. The van der Waals surface area contributed by atoms with E-state index in [1.165, 1.54) is 23.9 Å². The van der Waals surface area contributed by atoms with Crippen LogP contribution in [0.25, 0.3) is 5.65 Å². The smallest absolute Gasteiger partial charge is 0.196 e. The van der Waals surface area contributed by atoms with Gasteiger partial charge in [0, 0.05) is 12.2 Å². The van der Waals surface area contributed by atoms with Crippen LogP contribution in [0.3, 0.4) is 0 Å². The topological polar surface area (TPSA) is 56.2 Å². The molecule has 0 aliphatic rings. The first kappa shape index (κ1) is 14.0. The molecule has 0 aliphatic heterocycles. The molecule has 108 valence electrons. The molecule has 2 heterocycles. The molecule has 3 aromatic rings. The summed E-state index contributed by atoms with van der Waals surface area (Å²) in [6.45, 7) is 1.93. The highest BCUT2D eigenvalue weighted by Gasteiger charge is 2.20. The summed E-state index contributed by atoms with van der Waals surface area (Å²) in [5.41, 5.74) is 7.87. The van der Waals surface area contributed by atoms with Crippen molar-refractivity contribution in [1.82, 2.24) is 14.6 Å². The molecule has 2 N–H and O–H groups in total. The van der Waals surface area contributed by atoms with E-state index in [0.717, 1.165) is 16.4 Å². The normalized spacial score (nSPS) is 14.2. The van der Waals surface area contributed by atoms with Gasteiger partial charge in [-0.2, -0.15) is 0 Å². The van der Waals surface area contributed by atoms with Gasteiger partial charge in [-0.25, -0.2) is 4.39 Å². The van der Waals surface area contributed by atoms with Crippen LogP contribution in [0.5, 0.6) is 0 Å². The Balaban J connectivity index is 1.94. The van der Waals surface area contributed by atoms with Crippen LogP contribution in [0.4, 0.5) is 4.39 Å². The summed E-state index contributed by atoms with van der Waals surface area (Å²) in [6, 6.07) is 12.1. The molecule has 0 fully saturated rings. The molecule has 0 spiro atoms. The van der Waals surface area contributed by atoms with Crippen molar-refractivity contribution in [1.29, 1.82) is 0 Å². The molecule has 4 nitrogen and oxygen atoms in total. The highest BCUT2D eigenvalue weighted by atomic mass is 32.2. The average molecular weight is 302 g/mol. The minimum absolute atomic E-state index is 0.0155. The van der Waals surface area contributed by atoms with Gasteiger partial charge in [-0.1, -0.05) is 30.0 Å². The molecule has 0 radical (unpaired) electrons. The van der Waals surface area contributed by atoms with Gasteiger partial charge in [-0.3, -0.25) is 4.40 Å².